The SMILES string of the molecule is CC1(C)CCC(N)C(CC2CCOCC2)C1. The molecule has 2 nitrogen and oxygen atoms in total. The number of ether oxygens (including phenoxy) is 1. The van der Waals surface area contributed by atoms with E-state index in [1.165, 1.54) is 38.5 Å². The van der Waals surface area contributed by atoms with E-state index < -0.39 is 0 Å². The lowest BCUT2D eigenvalue weighted by Gasteiger charge is -2.41. The van der Waals surface area contributed by atoms with Crippen LogP contribution in [0.1, 0.15) is 52.4 Å². The van der Waals surface area contributed by atoms with Crippen molar-refractivity contribution in [2.24, 2.45) is 23.0 Å². The summed E-state index contributed by atoms with van der Waals surface area (Å²) in [4.78, 5) is 0. The maximum Gasteiger partial charge on any atom is 0.0468 e. The molecule has 1 aliphatic carbocycles. The van der Waals surface area contributed by atoms with E-state index in [0.29, 0.717) is 11.5 Å². The van der Waals surface area contributed by atoms with Crippen molar-refractivity contribution in [3.8, 4) is 0 Å². The number of rotatable bonds is 2. The van der Waals surface area contributed by atoms with Gasteiger partial charge in [0.15, 0.2) is 0 Å². The topological polar surface area (TPSA) is 35.2 Å². The molecule has 0 aromatic carbocycles. The summed E-state index contributed by atoms with van der Waals surface area (Å²) in [5, 5.41) is 0. The molecule has 1 heterocycles. The second kappa shape index (κ2) is 5.05. The molecule has 0 aromatic heterocycles. The van der Waals surface area contributed by atoms with Gasteiger partial charge in [-0.3, -0.25) is 0 Å². The van der Waals surface area contributed by atoms with E-state index in [4.69, 9.17) is 10.5 Å². The second-order valence-electron chi connectivity index (χ2n) is 6.62. The maximum absolute atomic E-state index is 6.29. The highest BCUT2D eigenvalue weighted by atomic mass is 16.5. The van der Waals surface area contributed by atoms with Crippen molar-refractivity contribution in [2.45, 2.75) is 58.4 Å². The van der Waals surface area contributed by atoms with Crippen LogP contribution in [0.3, 0.4) is 0 Å². The summed E-state index contributed by atoms with van der Waals surface area (Å²) < 4.78 is 5.43. The molecule has 1 saturated carbocycles. The fraction of sp³-hybridized carbons (Fsp3) is 1.00. The molecule has 2 unspecified atom stereocenters. The Balaban J connectivity index is 1.86. The van der Waals surface area contributed by atoms with Gasteiger partial charge in [-0.15, -0.1) is 0 Å². The van der Waals surface area contributed by atoms with Crippen LogP contribution in [0.5, 0.6) is 0 Å². The summed E-state index contributed by atoms with van der Waals surface area (Å²) in [6, 6.07) is 0.455. The van der Waals surface area contributed by atoms with Crippen molar-refractivity contribution < 1.29 is 4.74 Å². The molecule has 0 amide bonds. The van der Waals surface area contributed by atoms with Crippen LogP contribution >= 0.6 is 0 Å². The zero-order valence-electron chi connectivity index (χ0n) is 10.9. The van der Waals surface area contributed by atoms with Crippen LogP contribution in [0, 0.1) is 17.3 Å². The summed E-state index contributed by atoms with van der Waals surface area (Å²) >= 11 is 0. The van der Waals surface area contributed by atoms with Crippen LogP contribution < -0.4 is 5.73 Å². The van der Waals surface area contributed by atoms with Crippen LogP contribution in [0.25, 0.3) is 0 Å². The summed E-state index contributed by atoms with van der Waals surface area (Å²) in [6.07, 6.45) is 7.70. The monoisotopic (exact) mass is 225 g/mol. The van der Waals surface area contributed by atoms with Gasteiger partial charge in [-0.2, -0.15) is 0 Å². The van der Waals surface area contributed by atoms with Crippen LogP contribution in [-0.4, -0.2) is 19.3 Å². The minimum atomic E-state index is 0.455. The molecule has 94 valence electrons. The lowest BCUT2D eigenvalue weighted by molar-refractivity contribution is 0.0471. The van der Waals surface area contributed by atoms with Crippen LogP contribution in [0.15, 0.2) is 0 Å². The van der Waals surface area contributed by atoms with Gasteiger partial charge in [-0.25, -0.2) is 0 Å². The summed E-state index contributed by atoms with van der Waals surface area (Å²) in [5.74, 6) is 1.63. The molecular formula is C14H27NO. The normalized spacial score (nSPS) is 36.2. The van der Waals surface area contributed by atoms with Crippen molar-refractivity contribution in [2.75, 3.05) is 13.2 Å². The predicted molar refractivity (Wildman–Crippen MR) is 67.3 cm³/mol. The first kappa shape index (κ1) is 12.4. The Bertz CT molecular complexity index is 221. The first-order valence-corrected chi connectivity index (χ1v) is 6.90. The molecule has 2 aliphatic rings. The average Bonchev–Trinajstić information content (AvgIpc) is 2.25. The van der Waals surface area contributed by atoms with Gasteiger partial charge in [-0.05, 0) is 55.8 Å². The van der Waals surface area contributed by atoms with Crippen LogP contribution in [0.4, 0.5) is 0 Å². The van der Waals surface area contributed by atoms with Crippen LogP contribution in [0.2, 0.25) is 0 Å². The van der Waals surface area contributed by atoms with Gasteiger partial charge in [0.1, 0.15) is 0 Å². The Labute approximate surface area is 99.9 Å². The average molecular weight is 225 g/mol. The smallest absolute Gasteiger partial charge is 0.0468 e. The maximum atomic E-state index is 6.29. The van der Waals surface area contributed by atoms with Crippen LogP contribution in [-0.2, 0) is 4.74 Å². The van der Waals surface area contributed by atoms with E-state index in [9.17, 15) is 0 Å². The Hall–Kier alpha value is -0.0800. The van der Waals surface area contributed by atoms with Gasteiger partial charge in [0.2, 0.25) is 0 Å². The third-order valence-corrected chi connectivity index (χ3v) is 4.55. The molecule has 0 aromatic rings. The number of nitrogens with two attached hydrogens (primary N) is 1. The predicted octanol–water partition coefficient (Wildman–Crippen LogP) is 2.96. The molecule has 2 fully saturated rings. The summed E-state index contributed by atoms with van der Waals surface area (Å²) in [7, 11) is 0. The fourth-order valence-electron chi connectivity index (χ4n) is 3.42. The highest BCUT2D eigenvalue weighted by Gasteiger charge is 2.34. The molecule has 0 spiro atoms. The van der Waals surface area contributed by atoms with Gasteiger partial charge in [-0.1, -0.05) is 13.8 Å². The van der Waals surface area contributed by atoms with E-state index in [2.05, 4.69) is 13.8 Å². The first-order chi connectivity index (χ1) is 7.57. The summed E-state index contributed by atoms with van der Waals surface area (Å²) in [5.41, 5.74) is 6.81. The first-order valence-electron chi connectivity index (χ1n) is 6.90. The lowest BCUT2D eigenvalue weighted by atomic mass is 9.67. The molecule has 0 radical (unpaired) electrons. The van der Waals surface area contributed by atoms with E-state index >= 15 is 0 Å². The highest BCUT2D eigenvalue weighted by molar-refractivity contribution is 4.88. The van der Waals surface area contributed by atoms with E-state index in [1.807, 2.05) is 0 Å². The molecule has 1 saturated heterocycles. The molecule has 2 atom stereocenters. The molecule has 1 aliphatic heterocycles. The minimum absolute atomic E-state index is 0.455. The molecule has 2 heteroatoms. The van der Waals surface area contributed by atoms with Crippen molar-refractivity contribution in [3.05, 3.63) is 0 Å². The van der Waals surface area contributed by atoms with Gasteiger partial charge >= 0.3 is 0 Å². The third-order valence-electron chi connectivity index (χ3n) is 4.55. The van der Waals surface area contributed by atoms with Gasteiger partial charge in [0, 0.05) is 19.3 Å². The van der Waals surface area contributed by atoms with Crippen molar-refractivity contribution in [1.82, 2.24) is 0 Å². The number of hydrogen-bond donors (Lipinski definition) is 1. The van der Waals surface area contributed by atoms with E-state index in [0.717, 1.165) is 25.0 Å². The molecular weight excluding hydrogens is 198 g/mol. The molecule has 16 heavy (non-hydrogen) atoms. The quantitative estimate of drug-likeness (QED) is 0.784. The minimum Gasteiger partial charge on any atom is -0.381 e. The lowest BCUT2D eigenvalue weighted by Crippen LogP contribution is -2.40. The third kappa shape index (κ3) is 3.21. The molecule has 0 bridgehead atoms. The Morgan fingerprint density at radius 3 is 2.56 bits per heavy atom. The second-order valence-corrected chi connectivity index (χ2v) is 6.62. The number of hydrogen-bond acceptors (Lipinski definition) is 2. The Morgan fingerprint density at radius 1 is 1.19 bits per heavy atom. The molecule has 2 rings (SSSR count). The Kier molecular flexibility index (Phi) is 3.91. The van der Waals surface area contributed by atoms with E-state index in [1.54, 1.807) is 0 Å². The zero-order chi connectivity index (χ0) is 11.6. The largest absolute Gasteiger partial charge is 0.381 e. The fourth-order valence-corrected chi connectivity index (χ4v) is 3.42. The van der Waals surface area contributed by atoms with Gasteiger partial charge in [0.05, 0.1) is 0 Å². The van der Waals surface area contributed by atoms with E-state index in [-0.39, 0.29) is 0 Å². The Morgan fingerprint density at radius 2 is 1.88 bits per heavy atom. The standard InChI is InChI=1S/C14H27NO/c1-14(2)6-3-13(15)12(10-14)9-11-4-7-16-8-5-11/h11-13H,3-10,15H2,1-2H3. The van der Waals surface area contributed by atoms with Crippen molar-refractivity contribution >= 4 is 0 Å². The van der Waals surface area contributed by atoms with Crippen molar-refractivity contribution in [1.29, 1.82) is 0 Å². The summed E-state index contributed by atoms with van der Waals surface area (Å²) in [6.45, 7) is 6.73. The highest BCUT2D eigenvalue weighted by Crippen LogP contribution is 2.41. The molecule has 2 N–H and O–H groups in total. The van der Waals surface area contributed by atoms with Gasteiger partial charge in [0.25, 0.3) is 0 Å². The van der Waals surface area contributed by atoms with Gasteiger partial charge < -0.3 is 10.5 Å². The van der Waals surface area contributed by atoms with Crippen molar-refractivity contribution in [3.63, 3.8) is 0 Å². The zero-order valence-corrected chi connectivity index (χ0v) is 10.9.